The number of aromatic amines is 1. The predicted octanol–water partition coefficient (Wildman–Crippen LogP) is 4.20. The number of likely N-dealkylation sites (tertiary alicyclic amines) is 1. The third-order valence-electron chi connectivity index (χ3n) is 5.40. The average Bonchev–Trinajstić information content (AvgIpc) is 3.34. The molecule has 3 aromatic rings. The summed E-state index contributed by atoms with van der Waals surface area (Å²) in [5.74, 6) is 1.79. The number of rotatable bonds is 6. The number of hydrogen-bond donors (Lipinski definition) is 1. The maximum absolute atomic E-state index is 13.0. The number of nitrogens with one attached hydrogen (secondary N) is 1. The van der Waals surface area contributed by atoms with Crippen LogP contribution in [0.5, 0.6) is 11.5 Å². The normalized spacial score (nSPS) is 17.3. The Balaban J connectivity index is 1.60. The van der Waals surface area contributed by atoms with E-state index in [1.807, 2.05) is 48.7 Å². The van der Waals surface area contributed by atoms with Crippen molar-refractivity contribution >= 4 is 16.7 Å². The van der Waals surface area contributed by atoms with Crippen molar-refractivity contribution in [3.63, 3.8) is 0 Å². The van der Waals surface area contributed by atoms with Gasteiger partial charge in [-0.05, 0) is 43.7 Å². The van der Waals surface area contributed by atoms with Crippen LogP contribution in [-0.2, 0) is 0 Å². The van der Waals surface area contributed by atoms with Gasteiger partial charge in [-0.3, -0.25) is 9.69 Å². The van der Waals surface area contributed by atoms with E-state index in [4.69, 9.17) is 9.47 Å². The van der Waals surface area contributed by atoms with Crippen molar-refractivity contribution in [3.8, 4) is 11.5 Å². The minimum atomic E-state index is 0.140. The summed E-state index contributed by atoms with van der Waals surface area (Å²) in [5, 5.41) is 0.984. The molecule has 0 saturated carbocycles. The molecule has 4 rings (SSSR count). The number of Topliss-reactive ketones (excluding diaryl/α,β-unsaturated/α-hetero) is 1. The highest BCUT2D eigenvalue weighted by atomic mass is 16.5. The smallest absolute Gasteiger partial charge is 0.178 e. The molecule has 0 spiro atoms. The van der Waals surface area contributed by atoms with E-state index in [2.05, 4.69) is 9.88 Å². The molecule has 5 nitrogen and oxygen atoms in total. The van der Waals surface area contributed by atoms with E-state index < -0.39 is 0 Å². The Morgan fingerprint density at radius 3 is 2.85 bits per heavy atom. The standard InChI is InChI=1S/C22H24N2O3/c1-26-15-9-10-22(27-2)17(12-15)20-8-5-11-24(20)14-21(25)18-13-23-19-7-4-3-6-16(18)19/h3-4,6-7,9-10,12-13,20,23H,5,8,11,14H2,1-2H3. The first kappa shape index (κ1) is 17.6. The van der Waals surface area contributed by atoms with Gasteiger partial charge in [0, 0.05) is 34.3 Å². The van der Waals surface area contributed by atoms with Crippen LogP contribution in [-0.4, -0.2) is 43.0 Å². The van der Waals surface area contributed by atoms with Gasteiger partial charge in [-0.25, -0.2) is 0 Å². The third-order valence-corrected chi connectivity index (χ3v) is 5.40. The van der Waals surface area contributed by atoms with Gasteiger partial charge < -0.3 is 14.5 Å². The Hall–Kier alpha value is -2.79. The van der Waals surface area contributed by atoms with Crippen LogP contribution in [0.4, 0.5) is 0 Å². The fourth-order valence-corrected chi connectivity index (χ4v) is 4.04. The first-order chi connectivity index (χ1) is 13.2. The Morgan fingerprint density at radius 2 is 2.04 bits per heavy atom. The second kappa shape index (κ2) is 7.45. The quantitative estimate of drug-likeness (QED) is 0.666. The van der Waals surface area contributed by atoms with Crippen LogP contribution < -0.4 is 9.47 Å². The molecule has 1 aromatic heterocycles. The predicted molar refractivity (Wildman–Crippen MR) is 106 cm³/mol. The number of nitrogens with zero attached hydrogens (tertiary/aromatic N) is 1. The van der Waals surface area contributed by atoms with E-state index in [0.29, 0.717) is 6.54 Å². The van der Waals surface area contributed by atoms with Gasteiger partial charge in [0.15, 0.2) is 5.78 Å². The van der Waals surface area contributed by atoms with Crippen LogP contribution in [0.2, 0.25) is 0 Å². The van der Waals surface area contributed by atoms with Crippen molar-refractivity contribution < 1.29 is 14.3 Å². The molecule has 1 aliphatic rings. The molecule has 0 radical (unpaired) electrons. The largest absolute Gasteiger partial charge is 0.497 e. The lowest BCUT2D eigenvalue weighted by molar-refractivity contribution is 0.0922. The van der Waals surface area contributed by atoms with Gasteiger partial charge in [0.05, 0.1) is 20.8 Å². The number of ketones is 1. The summed E-state index contributed by atoms with van der Waals surface area (Å²) in [6, 6.07) is 13.9. The van der Waals surface area contributed by atoms with Gasteiger partial charge in [-0.2, -0.15) is 0 Å². The van der Waals surface area contributed by atoms with Gasteiger partial charge in [-0.1, -0.05) is 18.2 Å². The number of ether oxygens (including phenoxy) is 2. The summed E-state index contributed by atoms with van der Waals surface area (Å²) >= 11 is 0. The lowest BCUT2D eigenvalue weighted by Crippen LogP contribution is -2.29. The molecule has 1 N–H and O–H groups in total. The molecule has 1 saturated heterocycles. The van der Waals surface area contributed by atoms with Gasteiger partial charge in [-0.15, -0.1) is 0 Å². The van der Waals surface area contributed by atoms with Crippen LogP contribution in [0, 0.1) is 0 Å². The first-order valence-corrected chi connectivity index (χ1v) is 9.26. The maximum atomic E-state index is 13.0. The van der Waals surface area contributed by atoms with Gasteiger partial charge >= 0.3 is 0 Å². The molecule has 0 aliphatic carbocycles. The molecule has 0 amide bonds. The Kier molecular flexibility index (Phi) is 4.86. The van der Waals surface area contributed by atoms with Crippen molar-refractivity contribution in [2.45, 2.75) is 18.9 Å². The zero-order valence-electron chi connectivity index (χ0n) is 15.7. The summed E-state index contributed by atoms with van der Waals surface area (Å²) in [6.45, 7) is 1.30. The summed E-state index contributed by atoms with van der Waals surface area (Å²) in [4.78, 5) is 18.5. The second-order valence-electron chi connectivity index (χ2n) is 6.91. The topological polar surface area (TPSA) is 54.6 Å². The highest BCUT2D eigenvalue weighted by molar-refractivity contribution is 6.08. The highest BCUT2D eigenvalue weighted by Crippen LogP contribution is 2.39. The lowest BCUT2D eigenvalue weighted by Gasteiger charge is -2.25. The number of methoxy groups -OCH3 is 2. The Morgan fingerprint density at radius 1 is 1.19 bits per heavy atom. The molecule has 2 heterocycles. The number of carbonyl (C=O) groups excluding carboxylic acids is 1. The number of aromatic nitrogens is 1. The molecule has 2 aromatic carbocycles. The molecule has 1 unspecified atom stereocenters. The van der Waals surface area contributed by atoms with Crippen LogP contribution in [0.1, 0.15) is 34.8 Å². The Labute approximate surface area is 158 Å². The molecule has 5 heteroatoms. The van der Waals surface area contributed by atoms with Crippen LogP contribution >= 0.6 is 0 Å². The fourth-order valence-electron chi connectivity index (χ4n) is 4.04. The molecule has 1 aliphatic heterocycles. The van der Waals surface area contributed by atoms with E-state index >= 15 is 0 Å². The monoisotopic (exact) mass is 364 g/mol. The highest BCUT2D eigenvalue weighted by Gasteiger charge is 2.30. The van der Waals surface area contributed by atoms with Crippen LogP contribution in [0.15, 0.2) is 48.7 Å². The van der Waals surface area contributed by atoms with Gasteiger partial charge in [0.2, 0.25) is 0 Å². The summed E-state index contributed by atoms with van der Waals surface area (Å²) < 4.78 is 11.0. The number of fused-ring (bicyclic) bond motifs is 1. The summed E-state index contributed by atoms with van der Waals surface area (Å²) in [7, 11) is 3.35. The van der Waals surface area contributed by atoms with Crippen LogP contribution in [0.3, 0.4) is 0 Å². The zero-order chi connectivity index (χ0) is 18.8. The van der Waals surface area contributed by atoms with E-state index in [1.54, 1.807) is 14.2 Å². The van der Waals surface area contributed by atoms with Gasteiger partial charge in [0.1, 0.15) is 11.5 Å². The van der Waals surface area contributed by atoms with E-state index in [1.165, 1.54) is 0 Å². The molecule has 0 bridgehead atoms. The SMILES string of the molecule is COc1ccc(OC)c(C2CCCN2CC(=O)c2c[nH]c3ccccc23)c1. The van der Waals surface area contributed by atoms with Gasteiger partial charge in [0.25, 0.3) is 0 Å². The average molecular weight is 364 g/mol. The Bertz CT molecular complexity index is 963. The summed E-state index contributed by atoms with van der Waals surface area (Å²) in [6.07, 6.45) is 3.89. The van der Waals surface area contributed by atoms with Crippen molar-refractivity contribution in [1.82, 2.24) is 9.88 Å². The number of para-hydroxylation sites is 1. The molecule has 27 heavy (non-hydrogen) atoms. The number of benzene rings is 2. The number of H-pyrrole nitrogens is 1. The molecular weight excluding hydrogens is 340 g/mol. The maximum Gasteiger partial charge on any atom is 0.178 e. The molecular formula is C22H24N2O3. The van der Waals surface area contributed by atoms with Crippen molar-refractivity contribution in [2.75, 3.05) is 27.3 Å². The van der Waals surface area contributed by atoms with Crippen molar-refractivity contribution in [2.24, 2.45) is 0 Å². The summed E-state index contributed by atoms with van der Waals surface area (Å²) in [5.41, 5.74) is 2.84. The molecule has 1 atom stereocenters. The van der Waals surface area contributed by atoms with E-state index in [-0.39, 0.29) is 11.8 Å². The third kappa shape index (κ3) is 3.30. The first-order valence-electron chi connectivity index (χ1n) is 9.26. The van der Waals surface area contributed by atoms with Crippen molar-refractivity contribution in [1.29, 1.82) is 0 Å². The minimum absolute atomic E-state index is 0.140. The second-order valence-corrected chi connectivity index (χ2v) is 6.91. The fraction of sp³-hybridized carbons (Fsp3) is 0.318. The minimum Gasteiger partial charge on any atom is -0.497 e. The van der Waals surface area contributed by atoms with E-state index in [0.717, 1.165) is 52.9 Å². The number of hydrogen-bond acceptors (Lipinski definition) is 4. The lowest BCUT2D eigenvalue weighted by atomic mass is 10.0. The molecule has 1 fully saturated rings. The molecule has 140 valence electrons. The number of carbonyl (C=O) groups is 1. The van der Waals surface area contributed by atoms with Crippen molar-refractivity contribution in [3.05, 3.63) is 59.8 Å². The zero-order valence-corrected chi connectivity index (χ0v) is 15.7. The van der Waals surface area contributed by atoms with E-state index in [9.17, 15) is 4.79 Å². The van der Waals surface area contributed by atoms with Crippen LogP contribution in [0.25, 0.3) is 10.9 Å².